The fourth-order valence-electron chi connectivity index (χ4n) is 2.99. The highest BCUT2D eigenvalue weighted by atomic mass is 35.5. The van der Waals surface area contributed by atoms with Crippen molar-refractivity contribution in [1.29, 1.82) is 0 Å². The molecule has 1 aliphatic rings. The maximum atomic E-state index is 12.4. The van der Waals surface area contributed by atoms with Crippen LogP contribution in [0.4, 0.5) is 0 Å². The van der Waals surface area contributed by atoms with Crippen LogP contribution in [0.25, 0.3) is 0 Å². The van der Waals surface area contributed by atoms with Gasteiger partial charge in [-0.3, -0.25) is 4.79 Å². The molecule has 0 spiro atoms. The molecule has 0 aliphatic carbocycles. The van der Waals surface area contributed by atoms with E-state index < -0.39 is 0 Å². The van der Waals surface area contributed by atoms with E-state index in [2.05, 4.69) is 5.32 Å². The molecule has 0 saturated heterocycles. The van der Waals surface area contributed by atoms with Crippen LogP contribution in [-0.2, 0) is 11.2 Å². The molecule has 1 amide bonds. The summed E-state index contributed by atoms with van der Waals surface area (Å²) in [6.07, 6.45) is 1.01. The summed E-state index contributed by atoms with van der Waals surface area (Å²) in [5, 5.41) is 3.75. The number of benzene rings is 2. The van der Waals surface area contributed by atoms with E-state index in [1.165, 1.54) is 0 Å². The Kier molecular flexibility index (Phi) is 4.31. The maximum Gasteiger partial charge on any atom is 0.224 e. The average molecular weight is 330 g/mol. The first-order valence-electron chi connectivity index (χ1n) is 7.75. The Labute approximate surface area is 141 Å². The van der Waals surface area contributed by atoms with Crippen molar-refractivity contribution in [3.63, 3.8) is 0 Å². The quantitative estimate of drug-likeness (QED) is 0.911. The molecule has 0 fully saturated rings. The van der Waals surface area contributed by atoms with E-state index in [1.54, 1.807) is 6.07 Å². The van der Waals surface area contributed by atoms with Crippen LogP contribution >= 0.6 is 11.6 Å². The Morgan fingerprint density at radius 3 is 2.70 bits per heavy atom. The van der Waals surface area contributed by atoms with Gasteiger partial charge in [0.2, 0.25) is 5.91 Å². The second-order valence-corrected chi connectivity index (χ2v) is 6.90. The second-order valence-electron chi connectivity index (χ2n) is 6.49. The van der Waals surface area contributed by atoms with Gasteiger partial charge in [0.1, 0.15) is 11.4 Å². The molecule has 1 aliphatic heterocycles. The summed E-state index contributed by atoms with van der Waals surface area (Å²) in [5.74, 6) is 0.808. The molecule has 2 aromatic rings. The Hall–Kier alpha value is -2.00. The summed E-state index contributed by atoms with van der Waals surface area (Å²) in [4.78, 5) is 12.4. The van der Waals surface area contributed by atoms with Crippen molar-refractivity contribution in [3.05, 3.63) is 64.7 Å². The minimum atomic E-state index is -0.309. The number of nitrogens with one attached hydrogen (secondary N) is 1. The number of hydrogen-bond donors (Lipinski definition) is 1. The third kappa shape index (κ3) is 3.67. The Morgan fingerprint density at radius 2 is 1.91 bits per heavy atom. The van der Waals surface area contributed by atoms with Crippen LogP contribution in [0.1, 0.15) is 37.4 Å². The normalized spacial score (nSPS) is 18.7. The summed E-state index contributed by atoms with van der Waals surface area (Å²) in [5.41, 5.74) is 1.56. The molecular weight excluding hydrogens is 310 g/mol. The fourth-order valence-corrected chi connectivity index (χ4v) is 3.19. The van der Waals surface area contributed by atoms with Gasteiger partial charge in [0.05, 0.1) is 12.5 Å². The number of para-hydroxylation sites is 1. The zero-order valence-corrected chi connectivity index (χ0v) is 14.1. The Bertz CT molecular complexity index is 727. The number of rotatable bonds is 3. The number of carbonyl (C=O) groups excluding carboxylic acids is 1. The molecule has 0 radical (unpaired) electrons. The summed E-state index contributed by atoms with van der Waals surface area (Å²) >= 11 is 6.14. The Morgan fingerprint density at radius 1 is 1.22 bits per heavy atom. The van der Waals surface area contributed by atoms with E-state index in [0.717, 1.165) is 23.3 Å². The van der Waals surface area contributed by atoms with Gasteiger partial charge in [-0.25, -0.2) is 0 Å². The van der Waals surface area contributed by atoms with Crippen LogP contribution in [0.3, 0.4) is 0 Å². The Balaban J connectivity index is 1.77. The number of amides is 1. The number of hydrogen-bond acceptors (Lipinski definition) is 2. The highest BCUT2D eigenvalue weighted by molar-refractivity contribution is 6.31. The van der Waals surface area contributed by atoms with Crippen molar-refractivity contribution in [3.8, 4) is 5.75 Å². The van der Waals surface area contributed by atoms with Crippen molar-refractivity contribution in [2.45, 2.75) is 38.3 Å². The maximum absolute atomic E-state index is 12.4. The van der Waals surface area contributed by atoms with E-state index in [0.29, 0.717) is 5.02 Å². The predicted molar refractivity (Wildman–Crippen MR) is 91.8 cm³/mol. The largest absolute Gasteiger partial charge is 0.487 e. The average Bonchev–Trinajstić information content (AvgIpc) is 2.48. The van der Waals surface area contributed by atoms with Crippen LogP contribution in [0.15, 0.2) is 48.5 Å². The van der Waals surface area contributed by atoms with E-state index in [4.69, 9.17) is 16.3 Å². The SMILES string of the molecule is CC1(C)C[C@H](NC(=O)Cc2ccccc2Cl)c2ccccc2O1. The molecule has 1 atom stereocenters. The molecule has 23 heavy (non-hydrogen) atoms. The number of ether oxygens (including phenoxy) is 1. The highest BCUT2D eigenvalue weighted by Crippen LogP contribution is 2.39. The lowest BCUT2D eigenvalue weighted by Gasteiger charge is -2.37. The molecule has 4 heteroatoms. The monoisotopic (exact) mass is 329 g/mol. The first-order chi connectivity index (χ1) is 10.9. The molecule has 1 N–H and O–H groups in total. The van der Waals surface area contributed by atoms with Crippen LogP contribution < -0.4 is 10.1 Å². The number of halogens is 1. The van der Waals surface area contributed by atoms with Gasteiger partial charge in [0.15, 0.2) is 0 Å². The summed E-state index contributed by atoms with van der Waals surface area (Å²) in [6.45, 7) is 4.08. The summed E-state index contributed by atoms with van der Waals surface area (Å²) < 4.78 is 6.00. The lowest BCUT2D eigenvalue weighted by Crippen LogP contribution is -2.41. The smallest absolute Gasteiger partial charge is 0.224 e. The van der Waals surface area contributed by atoms with Gasteiger partial charge < -0.3 is 10.1 Å². The topological polar surface area (TPSA) is 38.3 Å². The second kappa shape index (κ2) is 6.25. The molecule has 0 saturated carbocycles. The minimum absolute atomic E-state index is 0.0318. The van der Waals surface area contributed by atoms with Gasteiger partial charge in [-0.2, -0.15) is 0 Å². The van der Waals surface area contributed by atoms with Crippen molar-refractivity contribution >= 4 is 17.5 Å². The minimum Gasteiger partial charge on any atom is -0.487 e. The first kappa shape index (κ1) is 15.9. The van der Waals surface area contributed by atoms with Gasteiger partial charge in [-0.15, -0.1) is 0 Å². The first-order valence-corrected chi connectivity index (χ1v) is 8.13. The molecule has 120 valence electrons. The zero-order chi connectivity index (χ0) is 16.4. The molecule has 0 unspecified atom stereocenters. The van der Waals surface area contributed by atoms with E-state index in [1.807, 2.05) is 56.3 Å². The molecule has 2 aromatic carbocycles. The molecular formula is C19H20ClNO2. The number of carbonyl (C=O) groups is 1. The van der Waals surface area contributed by atoms with E-state index >= 15 is 0 Å². The van der Waals surface area contributed by atoms with Crippen LogP contribution in [0.2, 0.25) is 5.02 Å². The lowest BCUT2D eigenvalue weighted by molar-refractivity contribution is -0.121. The van der Waals surface area contributed by atoms with E-state index in [9.17, 15) is 4.79 Å². The van der Waals surface area contributed by atoms with Gasteiger partial charge >= 0.3 is 0 Å². The standard InChI is InChI=1S/C19H20ClNO2/c1-19(2)12-16(14-8-4-6-10-17(14)23-19)21-18(22)11-13-7-3-5-9-15(13)20/h3-10,16H,11-12H2,1-2H3,(H,21,22)/t16-/m0/s1. The van der Waals surface area contributed by atoms with Crippen LogP contribution in [0.5, 0.6) is 5.75 Å². The lowest BCUT2D eigenvalue weighted by atomic mass is 9.89. The van der Waals surface area contributed by atoms with Crippen LogP contribution in [-0.4, -0.2) is 11.5 Å². The third-order valence-electron chi connectivity index (χ3n) is 4.02. The molecule has 1 heterocycles. The number of fused-ring (bicyclic) bond motifs is 1. The van der Waals surface area contributed by atoms with E-state index in [-0.39, 0.29) is 24.0 Å². The fraction of sp³-hybridized carbons (Fsp3) is 0.316. The zero-order valence-electron chi connectivity index (χ0n) is 13.3. The van der Waals surface area contributed by atoms with Gasteiger partial charge in [-0.1, -0.05) is 48.0 Å². The third-order valence-corrected chi connectivity index (χ3v) is 4.39. The molecule has 0 bridgehead atoms. The predicted octanol–water partition coefficient (Wildman–Crippen LogP) is 4.30. The highest BCUT2D eigenvalue weighted by Gasteiger charge is 2.34. The molecule has 3 nitrogen and oxygen atoms in total. The van der Waals surface area contributed by atoms with Gasteiger partial charge in [0.25, 0.3) is 0 Å². The summed E-state index contributed by atoms with van der Waals surface area (Å²) in [6, 6.07) is 15.2. The molecule has 3 rings (SSSR count). The van der Waals surface area contributed by atoms with Gasteiger partial charge in [0, 0.05) is 17.0 Å². The van der Waals surface area contributed by atoms with Crippen molar-refractivity contribution < 1.29 is 9.53 Å². The van der Waals surface area contributed by atoms with Crippen molar-refractivity contribution in [2.24, 2.45) is 0 Å². The summed E-state index contributed by atoms with van der Waals surface area (Å²) in [7, 11) is 0. The van der Waals surface area contributed by atoms with Crippen molar-refractivity contribution in [1.82, 2.24) is 5.32 Å². The van der Waals surface area contributed by atoms with Crippen molar-refractivity contribution in [2.75, 3.05) is 0 Å². The van der Waals surface area contributed by atoms with Crippen LogP contribution in [0, 0.1) is 0 Å². The molecule has 0 aromatic heterocycles. The van der Waals surface area contributed by atoms with Gasteiger partial charge in [-0.05, 0) is 31.5 Å².